The van der Waals surface area contributed by atoms with E-state index in [1.807, 2.05) is 27.7 Å². The zero-order valence-corrected chi connectivity index (χ0v) is 11.9. The van der Waals surface area contributed by atoms with Gasteiger partial charge in [-0.1, -0.05) is 6.92 Å². The lowest BCUT2D eigenvalue weighted by Crippen LogP contribution is -2.69. The molecule has 0 aromatic rings. The van der Waals surface area contributed by atoms with Crippen molar-refractivity contribution < 1.29 is 24.3 Å². The van der Waals surface area contributed by atoms with Crippen LogP contribution in [0.1, 0.15) is 41.0 Å². The monoisotopic (exact) mass is 258 g/mol. The number of quaternary nitrogens is 1. The summed E-state index contributed by atoms with van der Waals surface area (Å²) in [6, 6.07) is 0. The predicted octanol–water partition coefficient (Wildman–Crippen LogP) is 2.41. The minimum Gasteiger partial charge on any atom is -0.481 e. The number of piperidine rings is 1. The Bertz CT molecular complexity index is 374. The molecule has 1 aliphatic rings. The average Bonchev–Trinajstić information content (AvgIpc) is 2.19. The number of rotatable bonds is 1. The summed E-state index contributed by atoms with van der Waals surface area (Å²) in [5.41, 5.74) is -1.25. The lowest BCUT2D eigenvalue weighted by molar-refractivity contribution is -0.913. The van der Waals surface area contributed by atoms with E-state index in [1.54, 1.807) is 6.92 Å². The second-order valence-corrected chi connectivity index (χ2v) is 6.70. The number of carboxylic acid groups (broad SMARTS) is 2. The van der Waals surface area contributed by atoms with Gasteiger partial charge in [0.2, 0.25) is 0 Å². The van der Waals surface area contributed by atoms with E-state index in [1.165, 1.54) is 0 Å². The van der Waals surface area contributed by atoms with Crippen LogP contribution >= 0.6 is 0 Å². The van der Waals surface area contributed by atoms with Crippen molar-refractivity contribution in [2.75, 3.05) is 13.1 Å². The van der Waals surface area contributed by atoms with Crippen molar-refractivity contribution in [2.45, 2.75) is 46.6 Å². The van der Waals surface area contributed by atoms with E-state index in [4.69, 9.17) is 0 Å². The highest BCUT2D eigenvalue weighted by Gasteiger charge is 2.57. The predicted molar refractivity (Wildman–Crippen MR) is 67.3 cm³/mol. The molecule has 0 bridgehead atoms. The smallest absolute Gasteiger partial charge is 0.481 e. The Balaban J connectivity index is 3.13. The maximum absolute atomic E-state index is 11.7. The van der Waals surface area contributed by atoms with E-state index in [-0.39, 0.29) is 10.4 Å². The highest BCUT2D eigenvalue weighted by Crippen LogP contribution is 2.42. The second kappa shape index (κ2) is 4.23. The van der Waals surface area contributed by atoms with E-state index in [9.17, 15) is 19.8 Å². The van der Waals surface area contributed by atoms with E-state index >= 15 is 0 Å². The number of hydrogen-bond donors (Lipinski definition) is 2. The summed E-state index contributed by atoms with van der Waals surface area (Å²) in [4.78, 5) is 23.0. The van der Waals surface area contributed by atoms with Crippen molar-refractivity contribution in [2.24, 2.45) is 11.3 Å². The van der Waals surface area contributed by atoms with Gasteiger partial charge in [0, 0.05) is 12.3 Å². The van der Waals surface area contributed by atoms with E-state index in [2.05, 4.69) is 0 Å². The zero-order valence-electron chi connectivity index (χ0n) is 11.9. The summed E-state index contributed by atoms with van der Waals surface area (Å²) >= 11 is 0. The molecular weight excluding hydrogens is 234 g/mol. The van der Waals surface area contributed by atoms with Gasteiger partial charge in [-0.3, -0.25) is 4.79 Å². The van der Waals surface area contributed by atoms with Crippen LogP contribution in [0.25, 0.3) is 0 Å². The maximum atomic E-state index is 11.7. The molecule has 1 amide bonds. The molecule has 0 aliphatic carbocycles. The maximum Gasteiger partial charge on any atom is 0.513 e. The third kappa shape index (κ3) is 2.00. The summed E-state index contributed by atoms with van der Waals surface area (Å²) < 4.78 is -0.0585. The third-order valence-corrected chi connectivity index (χ3v) is 4.82. The number of likely N-dealkylation sites (tertiary alicyclic amines) is 1. The van der Waals surface area contributed by atoms with E-state index in [0.717, 1.165) is 0 Å². The molecular formula is C13H24NO4+. The molecule has 0 aromatic heterocycles. The molecule has 2 N–H and O–H groups in total. The van der Waals surface area contributed by atoms with Gasteiger partial charge in [0.1, 0.15) is 5.54 Å². The van der Waals surface area contributed by atoms with Gasteiger partial charge < -0.3 is 10.2 Å². The molecule has 18 heavy (non-hydrogen) atoms. The highest BCUT2D eigenvalue weighted by molar-refractivity contribution is 5.74. The Kier molecular flexibility index (Phi) is 3.51. The molecule has 1 saturated heterocycles. The van der Waals surface area contributed by atoms with Crippen molar-refractivity contribution in [3.8, 4) is 0 Å². The van der Waals surface area contributed by atoms with Crippen LogP contribution in [-0.2, 0) is 4.79 Å². The van der Waals surface area contributed by atoms with Gasteiger partial charge in [-0.2, -0.15) is 4.79 Å². The molecule has 1 fully saturated rings. The quantitative estimate of drug-likeness (QED) is 0.708. The number of aliphatic carboxylic acids is 1. The highest BCUT2D eigenvalue weighted by atomic mass is 16.4. The minimum atomic E-state index is -0.859. The van der Waals surface area contributed by atoms with Gasteiger partial charge in [-0.15, -0.1) is 0 Å². The fourth-order valence-corrected chi connectivity index (χ4v) is 2.82. The first-order chi connectivity index (χ1) is 7.97. The normalized spacial score (nSPS) is 37.3. The molecule has 0 aromatic carbocycles. The van der Waals surface area contributed by atoms with Crippen LogP contribution < -0.4 is 0 Å². The van der Waals surface area contributed by atoms with Gasteiger partial charge in [0.15, 0.2) is 0 Å². The summed E-state index contributed by atoms with van der Waals surface area (Å²) in [5, 5.41) is 18.9. The number of amides is 1. The standard InChI is InChI=1S/C13H23NO4/c1-9-8-14(11(17)18,12(2,3)4)7-6-13(9,5)10(15)16/h9H,6-8H2,1-5H3,(H-,15,16,17,18)/p+1/t9-,13?,14+/m1/s1. The second-order valence-electron chi connectivity index (χ2n) is 6.70. The van der Waals surface area contributed by atoms with Crippen LogP contribution in [0.15, 0.2) is 0 Å². The lowest BCUT2D eigenvalue weighted by Gasteiger charge is -2.51. The first-order valence-corrected chi connectivity index (χ1v) is 6.31. The molecule has 1 heterocycles. The molecule has 1 rings (SSSR count). The van der Waals surface area contributed by atoms with Crippen molar-refractivity contribution in [3.05, 3.63) is 0 Å². The van der Waals surface area contributed by atoms with Crippen LogP contribution in [0, 0.1) is 11.3 Å². The van der Waals surface area contributed by atoms with Crippen LogP contribution in [-0.4, -0.2) is 45.4 Å². The molecule has 5 heteroatoms. The van der Waals surface area contributed by atoms with Gasteiger partial charge in [0.05, 0.1) is 18.5 Å². The van der Waals surface area contributed by atoms with Crippen molar-refractivity contribution in [3.63, 3.8) is 0 Å². The van der Waals surface area contributed by atoms with Crippen LogP contribution in [0.2, 0.25) is 0 Å². The molecule has 0 radical (unpaired) electrons. The number of carbonyl (C=O) groups is 2. The summed E-state index contributed by atoms with van der Waals surface area (Å²) in [7, 11) is 0. The Morgan fingerprint density at radius 2 is 1.78 bits per heavy atom. The summed E-state index contributed by atoms with van der Waals surface area (Å²) in [6.45, 7) is 9.99. The lowest BCUT2D eigenvalue weighted by atomic mass is 9.70. The Labute approximate surface area is 108 Å². The van der Waals surface area contributed by atoms with E-state index < -0.39 is 23.0 Å². The van der Waals surface area contributed by atoms with Crippen molar-refractivity contribution >= 4 is 12.1 Å². The first-order valence-electron chi connectivity index (χ1n) is 6.31. The van der Waals surface area contributed by atoms with Crippen LogP contribution in [0.4, 0.5) is 4.79 Å². The fourth-order valence-electron chi connectivity index (χ4n) is 2.82. The Hall–Kier alpha value is -1.10. The number of hydrogen-bond acceptors (Lipinski definition) is 2. The zero-order chi connectivity index (χ0) is 14.4. The molecule has 0 saturated carbocycles. The van der Waals surface area contributed by atoms with Crippen molar-refractivity contribution in [1.29, 1.82) is 0 Å². The van der Waals surface area contributed by atoms with Crippen LogP contribution in [0.5, 0.6) is 0 Å². The summed E-state index contributed by atoms with van der Waals surface area (Å²) in [6.07, 6.45) is -0.464. The molecule has 1 aliphatic heterocycles. The molecule has 104 valence electrons. The number of nitrogens with zero attached hydrogens (tertiary/aromatic N) is 1. The minimum absolute atomic E-state index is 0.0585. The van der Waals surface area contributed by atoms with Gasteiger partial charge in [-0.05, 0) is 27.7 Å². The topological polar surface area (TPSA) is 74.6 Å². The molecule has 0 spiro atoms. The van der Waals surface area contributed by atoms with Gasteiger partial charge >= 0.3 is 12.1 Å². The average molecular weight is 258 g/mol. The van der Waals surface area contributed by atoms with Gasteiger partial charge in [0.25, 0.3) is 0 Å². The van der Waals surface area contributed by atoms with Crippen molar-refractivity contribution in [1.82, 2.24) is 0 Å². The third-order valence-electron chi connectivity index (χ3n) is 4.82. The first kappa shape index (κ1) is 15.0. The largest absolute Gasteiger partial charge is 0.513 e. The SMILES string of the molecule is C[C@@H]1C[N@@+](C(=O)O)(C(C)(C)C)CCC1(C)C(=O)O. The Morgan fingerprint density at radius 1 is 1.28 bits per heavy atom. The van der Waals surface area contributed by atoms with Gasteiger partial charge in [-0.25, -0.2) is 4.48 Å². The molecule has 3 atom stereocenters. The number of carboxylic acids is 1. The fraction of sp³-hybridized carbons (Fsp3) is 0.846. The summed E-state index contributed by atoms with van der Waals surface area (Å²) in [5.74, 6) is -0.994. The molecule has 5 nitrogen and oxygen atoms in total. The Morgan fingerprint density at radius 3 is 2.06 bits per heavy atom. The van der Waals surface area contributed by atoms with E-state index in [0.29, 0.717) is 19.5 Å². The molecule has 1 unspecified atom stereocenters. The van der Waals surface area contributed by atoms with Crippen LogP contribution in [0.3, 0.4) is 0 Å².